The molecule has 0 aliphatic heterocycles. The van der Waals surface area contributed by atoms with E-state index < -0.39 is 0 Å². The molecular weight excluding hydrogens is 304 g/mol. The van der Waals surface area contributed by atoms with Gasteiger partial charge < -0.3 is 10.4 Å². The monoisotopic (exact) mass is 322 g/mol. The van der Waals surface area contributed by atoms with Crippen molar-refractivity contribution in [3.63, 3.8) is 0 Å². The first-order valence-electron chi connectivity index (χ1n) is 6.92. The van der Waals surface area contributed by atoms with E-state index in [1.165, 1.54) is 0 Å². The van der Waals surface area contributed by atoms with Crippen molar-refractivity contribution in [3.05, 3.63) is 28.6 Å². The molecule has 1 amide bonds. The van der Waals surface area contributed by atoms with Crippen LogP contribution in [0.1, 0.15) is 26.0 Å². The normalized spacial score (nSPS) is 23.6. The number of thiophene rings is 1. The number of thiazole rings is 1. The zero-order valence-corrected chi connectivity index (χ0v) is 13.6. The van der Waals surface area contributed by atoms with Gasteiger partial charge in [0.05, 0.1) is 23.1 Å². The van der Waals surface area contributed by atoms with Gasteiger partial charge in [-0.25, -0.2) is 4.98 Å². The van der Waals surface area contributed by atoms with Crippen LogP contribution in [0, 0.1) is 5.41 Å². The molecule has 4 nitrogen and oxygen atoms in total. The molecule has 1 aliphatic carbocycles. The molecule has 0 bridgehead atoms. The lowest BCUT2D eigenvalue weighted by molar-refractivity contribution is -0.128. The number of rotatable bonds is 4. The number of hydrogen-bond acceptors (Lipinski definition) is 5. The third kappa shape index (κ3) is 2.88. The minimum Gasteiger partial charge on any atom is -0.392 e. The van der Waals surface area contributed by atoms with Gasteiger partial charge in [-0.2, -0.15) is 0 Å². The highest BCUT2D eigenvalue weighted by molar-refractivity contribution is 7.20. The van der Waals surface area contributed by atoms with Gasteiger partial charge in [0.1, 0.15) is 5.01 Å². The number of nitrogens with one attached hydrogen (secondary N) is 1. The van der Waals surface area contributed by atoms with Crippen LogP contribution < -0.4 is 5.32 Å². The van der Waals surface area contributed by atoms with Crippen LogP contribution in [-0.4, -0.2) is 28.1 Å². The largest absolute Gasteiger partial charge is 0.392 e. The molecule has 1 aliphatic rings. The lowest BCUT2D eigenvalue weighted by Crippen LogP contribution is -2.61. The summed E-state index contributed by atoms with van der Waals surface area (Å²) in [7, 11) is 0. The molecule has 0 aromatic carbocycles. The van der Waals surface area contributed by atoms with Crippen LogP contribution in [0.3, 0.4) is 0 Å². The summed E-state index contributed by atoms with van der Waals surface area (Å²) in [5.41, 5.74) is 0.568. The van der Waals surface area contributed by atoms with Gasteiger partial charge in [0.15, 0.2) is 0 Å². The fourth-order valence-electron chi connectivity index (χ4n) is 2.46. The Labute approximate surface area is 131 Å². The maximum atomic E-state index is 12.1. The fourth-order valence-corrected chi connectivity index (χ4v) is 4.09. The first kappa shape index (κ1) is 14.7. The van der Waals surface area contributed by atoms with E-state index in [9.17, 15) is 9.90 Å². The number of amides is 1. The Bertz CT molecular complexity index is 634. The highest BCUT2D eigenvalue weighted by Gasteiger charge is 2.47. The van der Waals surface area contributed by atoms with Gasteiger partial charge in [-0.15, -0.1) is 22.7 Å². The molecule has 6 heteroatoms. The summed E-state index contributed by atoms with van der Waals surface area (Å²) in [5, 5.41) is 17.6. The van der Waals surface area contributed by atoms with Gasteiger partial charge in [0, 0.05) is 16.8 Å². The molecule has 2 unspecified atom stereocenters. The van der Waals surface area contributed by atoms with Gasteiger partial charge in [-0.3, -0.25) is 4.79 Å². The van der Waals surface area contributed by atoms with E-state index in [0.717, 1.165) is 15.6 Å². The molecule has 1 fully saturated rings. The maximum absolute atomic E-state index is 12.1. The second-order valence-corrected chi connectivity index (χ2v) is 7.80. The van der Waals surface area contributed by atoms with Gasteiger partial charge in [-0.05, 0) is 17.9 Å². The average Bonchev–Trinajstić information content (AvgIpc) is 3.08. The van der Waals surface area contributed by atoms with Crippen molar-refractivity contribution in [2.24, 2.45) is 5.41 Å². The Kier molecular flexibility index (Phi) is 3.86. The first-order valence-corrected chi connectivity index (χ1v) is 8.68. The summed E-state index contributed by atoms with van der Waals surface area (Å²) >= 11 is 3.22. The summed E-state index contributed by atoms with van der Waals surface area (Å²) < 4.78 is 0. The zero-order valence-electron chi connectivity index (χ0n) is 12.0. The number of nitrogens with zero attached hydrogens (tertiary/aromatic N) is 1. The van der Waals surface area contributed by atoms with Crippen LogP contribution >= 0.6 is 22.7 Å². The molecule has 0 saturated heterocycles. The molecule has 21 heavy (non-hydrogen) atoms. The highest BCUT2D eigenvalue weighted by atomic mass is 32.1. The number of aliphatic hydroxyl groups is 1. The maximum Gasteiger partial charge on any atom is 0.226 e. The summed E-state index contributed by atoms with van der Waals surface area (Å²) in [6, 6.07) is 4.08. The van der Waals surface area contributed by atoms with Crippen LogP contribution in [0.15, 0.2) is 22.9 Å². The van der Waals surface area contributed by atoms with Crippen molar-refractivity contribution in [2.75, 3.05) is 0 Å². The molecule has 0 radical (unpaired) electrons. The third-order valence-electron chi connectivity index (χ3n) is 4.18. The first-order chi connectivity index (χ1) is 9.96. The molecule has 2 aromatic heterocycles. The number of aromatic nitrogens is 1. The summed E-state index contributed by atoms with van der Waals surface area (Å²) in [4.78, 5) is 17.7. The fraction of sp³-hybridized carbons (Fsp3) is 0.467. The zero-order chi connectivity index (χ0) is 15.0. The summed E-state index contributed by atoms with van der Waals surface area (Å²) in [6.45, 7) is 3.95. The standard InChI is InChI=1S/C15H18N2O2S2/c1-15(2)11(7-12(15)18)17-13(19)6-9-8-21-14(16-9)10-4-3-5-20-10/h3-5,8,11-12,18H,6-7H2,1-2H3,(H,17,19). The van der Waals surface area contributed by atoms with Gasteiger partial charge >= 0.3 is 0 Å². The molecule has 2 atom stereocenters. The van der Waals surface area contributed by atoms with Gasteiger partial charge in [0.2, 0.25) is 5.91 Å². The van der Waals surface area contributed by atoms with Crippen LogP contribution in [0.4, 0.5) is 0 Å². The Morgan fingerprint density at radius 2 is 2.33 bits per heavy atom. The quantitative estimate of drug-likeness (QED) is 0.910. The Morgan fingerprint density at radius 3 is 2.95 bits per heavy atom. The lowest BCUT2D eigenvalue weighted by atomic mass is 9.64. The summed E-state index contributed by atoms with van der Waals surface area (Å²) in [5.74, 6) is -0.0250. The van der Waals surface area contributed by atoms with Crippen LogP contribution in [-0.2, 0) is 11.2 Å². The molecule has 0 spiro atoms. The molecule has 2 heterocycles. The minimum absolute atomic E-state index is 0.0250. The summed E-state index contributed by atoms with van der Waals surface area (Å²) in [6.07, 6.45) is 0.605. The van der Waals surface area contributed by atoms with Gasteiger partial charge in [-0.1, -0.05) is 19.9 Å². The van der Waals surface area contributed by atoms with Crippen molar-refractivity contribution < 1.29 is 9.90 Å². The van der Waals surface area contributed by atoms with Crippen LogP contribution in [0.5, 0.6) is 0 Å². The SMILES string of the molecule is CC1(C)C(O)CC1NC(=O)Cc1csc(-c2cccs2)n1. The molecule has 3 rings (SSSR count). The van der Waals surface area contributed by atoms with Crippen molar-refractivity contribution in [3.8, 4) is 9.88 Å². The number of carbonyl (C=O) groups is 1. The Morgan fingerprint density at radius 1 is 1.52 bits per heavy atom. The second kappa shape index (κ2) is 5.51. The average molecular weight is 322 g/mol. The van der Waals surface area contributed by atoms with E-state index in [2.05, 4.69) is 10.3 Å². The number of hydrogen-bond donors (Lipinski definition) is 2. The van der Waals surface area contributed by atoms with Crippen molar-refractivity contribution in [1.82, 2.24) is 10.3 Å². The Hall–Kier alpha value is -1.24. The Balaban J connectivity index is 1.59. The molecular formula is C15H18N2O2S2. The topological polar surface area (TPSA) is 62.2 Å². The minimum atomic E-state index is -0.326. The number of aliphatic hydroxyl groups excluding tert-OH is 1. The molecule has 1 saturated carbocycles. The third-order valence-corrected chi connectivity index (χ3v) is 6.11. The highest BCUT2D eigenvalue weighted by Crippen LogP contribution is 2.40. The van der Waals surface area contributed by atoms with E-state index >= 15 is 0 Å². The van der Waals surface area contributed by atoms with Crippen molar-refractivity contribution in [2.45, 2.75) is 38.8 Å². The van der Waals surface area contributed by atoms with Crippen LogP contribution in [0.2, 0.25) is 0 Å². The molecule has 112 valence electrons. The van der Waals surface area contributed by atoms with E-state index in [1.54, 1.807) is 22.7 Å². The predicted octanol–water partition coefficient (Wildman–Crippen LogP) is 2.69. The molecule has 2 N–H and O–H groups in total. The number of carbonyl (C=O) groups excluding carboxylic acids is 1. The van der Waals surface area contributed by atoms with E-state index in [4.69, 9.17) is 0 Å². The van der Waals surface area contributed by atoms with Crippen LogP contribution in [0.25, 0.3) is 9.88 Å². The van der Waals surface area contributed by atoms with Gasteiger partial charge in [0.25, 0.3) is 0 Å². The smallest absolute Gasteiger partial charge is 0.226 e. The van der Waals surface area contributed by atoms with Crippen molar-refractivity contribution >= 4 is 28.6 Å². The second-order valence-electron chi connectivity index (χ2n) is 5.99. The van der Waals surface area contributed by atoms with Crippen molar-refractivity contribution in [1.29, 1.82) is 0 Å². The molecule has 2 aromatic rings. The van der Waals surface area contributed by atoms with E-state index in [0.29, 0.717) is 12.8 Å². The lowest BCUT2D eigenvalue weighted by Gasteiger charge is -2.49. The predicted molar refractivity (Wildman–Crippen MR) is 85.5 cm³/mol. The van der Waals surface area contributed by atoms with E-state index in [1.807, 2.05) is 36.7 Å². The van der Waals surface area contributed by atoms with E-state index in [-0.39, 0.29) is 23.5 Å².